The third-order valence-electron chi connectivity index (χ3n) is 1.42. The van der Waals surface area contributed by atoms with E-state index in [1.54, 1.807) is 0 Å². The SMILES string of the molecule is [2H]c1c([2H])c(-n2c(C([2H])([2H])[2H])nc(Br)c2[2H])c([2H])c([2H])c1F. The first-order valence-electron chi connectivity index (χ1n) is 7.50. The van der Waals surface area contributed by atoms with Gasteiger partial charge < -0.3 is 4.57 Å². The Balaban J connectivity index is 2.96. The lowest BCUT2D eigenvalue weighted by molar-refractivity contribution is 0.627. The highest BCUT2D eigenvalue weighted by Crippen LogP contribution is 2.15. The summed E-state index contributed by atoms with van der Waals surface area (Å²) in [4.78, 5) is 3.67. The van der Waals surface area contributed by atoms with Crippen LogP contribution in [0.4, 0.5) is 4.39 Å². The molecule has 0 atom stereocenters. The zero-order valence-corrected chi connectivity index (χ0v) is 8.24. The second kappa shape index (κ2) is 3.53. The lowest BCUT2D eigenvalue weighted by Gasteiger charge is -2.03. The number of halogens is 2. The van der Waals surface area contributed by atoms with Gasteiger partial charge in [-0.3, -0.25) is 0 Å². The van der Waals surface area contributed by atoms with Crippen LogP contribution in [-0.2, 0) is 0 Å². The largest absolute Gasteiger partial charge is 0.303 e. The molecule has 0 radical (unpaired) electrons. The van der Waals surface area contributed by atoms with E-state index in [1.165, 1.54) is 0 Å². The Morgan fingerprint density at radius 3 is 2.86 bits per heavy atom. The van der Waals surface area contributed by atoms with E-state index in [2.05, 4.69) is 20.9 Å². The molecule has 0 aliphatic carbocycles. The fourth-order valence-corrected chi connectivity index (χ4v) is 1.22. The minimum atomic E-state index is -2.76. The van der Waals surface area contributed by atoms with E-state index in [-0.39, 0.29) is 4.60 Å². The van der Waals surface area contributed by atoms with Crippen LogP contribution in [0.5, 0.6) is 0 Å². The molecule has 2 nitrogen and oxygen atoms in total. The van der Waals surface area contributed by atoms with Crippen LogP contribution in [0.2, 0.25) is 0 Å². The zero-order chi connectivity index (χ0) is 17.0. The molecule has 0 bridgehead atoms. The molecule has 0 aliphatic rings. The highest BCUT2D eigenvalue weighted by atomic mass is 79.9. The van der Waals surface area contributed by atoms with E-state index in [0.717, 1.165) is 0 Å². The number of imidazole rings is 1. The predicted molar refractivity (Wildman–Crippen MR) is 56.0 cm³/mol. The van der Waals surface area contributed by atoms with Crippen molar-refractivity contribution in [1.29, 1.82) is 0 Å². The van der Waals surface area contributed by atoms with Crippen LogP contribution in [0.15, 0.2) is 34.9 Å². The summed E-state index contributed by atoms with van der Waals surface area (Å²) in [7, 11) is 0. The molecule has 1 aromatic heterocycles. The molecule has 1 aromatic carbocycles. The predicted octanol–water partition coefficient (Wildman–Crippen LogP) is 3.08. The monoisotopic (exact) mass is 262 g/mol. The molecule has 2 rings (SSSR count). The van der Waals surface area contributed by atoms with Crippen molar-refractivity contribution in [3.63, 3.8) is 0 Å². The number of hydrogen-bond donors (Lipinski definition) is 0. The molecule has 0 fully saturated rings. The quantitative estimate of drug-likeness (QED) is 0.773. The molecular weight excluding hydrogens is 247 g/mol. The summed E-state index contributed by atoms with van der Waals surface area (Å²) in [5.74, 6) is -1.96. The number of hydrogen-bond acceptors (Lipinski definition) is 1. The second-order valence-electron chi connectivity index (χ2n) is 2.34. The number of rotatable bonds is 1. The minimum Gasteiger partial charge on any atom is -0.303 e. The van der Waals surface area contributed by atoms with Crippen molar-refractivity contribution >= 4 is 15.9 Å². The van der Waals surface area contributed by atoms with Gasteiger partial charge in [-0.25, -0.2) is 9.37 Å². The molecule has 4 heteroatoms. The van der Waals surface area contributed by atoms with Crippen LogP contribution >= 0.6 is 15.9 Å². The fraction of sp³-hybridized carbons (Fsp3) is 0.100. The molecule has 72 valence electrons. The summed E-state index contributed by atoms with van der Waals surface area (Å²) in [6.07, 6.45) is -0.474. The second-order valence-corrected chi connectivity index (χ2v) is 3.09. The van der Waals surface area contributed by atoms with Gasteiger partial charge in [-0.15, -0.1) is 0 Å². The maximum absolute atomic E-state index is 13.6. The Kier molecular flexibility index (Phi) is 0.953. The lowest BCUT2D eigenvalue weighted by Crippen LogP contribution is -1.94. The van der Waals surface area contributed by atoms with E-state index in [9.17, 15) is 4.39 Å². The molecule has 0 aliphatic heterocycles. The van der Waals surface area contributed by atoms with Crippen molar-refractivity contribution in [2.45, 2.75) is 6.85 Å². The highest BCUT2D eigenvalue weighted by molar-refractivity contribution is 9.10. The molecule has 0 spiro atoms. The van der Waals surface area contributed by atoms with E-state index < -0.39 is 54.5 Å². The standard InChI is InChI=1S/C10H8BrFN2/c1-7-13-10(11)6-14(7)9-4-2-8(12)3-5-9/h2-6H,1H3/i1D3,2D,3D,4D,5D,6D. The van der Waals surface area contributed by atoms with Gasteiger partial charge in [-0.1, -0.05) is 0 Å². The van der Waals surface area contributed by atoms with Gasteiger partial charge in [-0.05, 0) is 47.0 Å². The van der Waals surface area contributed by atoms with Crippen LogP contribution in [0.25, 0.3) is 5.69 Å². The maximum atomic E-state index is 13.6. The molecule has 0 saturated heterocycles. The summed E-state index contributed by atoms with van der Waals surface area (Å²) in [5, 5.41) is 0. The third-order valence-corrected chi connectivity index (χ3v) is 1.78. The van der Waals surface area contributed by atoms with Crippen LogP contribution in [0.3, 0.4) is 0 Å². The number of aryl methyl sites for hydroxylation is 1. The number of aromatic nitrogens is 2. The van der Waals surface area contributed by atoms with E-state index in [1.807, 2.05) is 0 Å². The molecule has 14 heavy (non-hydrogen) atoms. The van der Waals surface area contributed by atoms with Gasteiger partial charge in [0.2, 0.25) is 0 Å². The molecule has 0 unspecified atom stereocenters. The summed E-state index contributed by atoms with van der Waals surface area (Å²) in [6.45, 7) is -2.76. The van der Waals surface area contributed by atoms with Crippen molar-refractivity contribution in [2.75, 3.05) is 0 Å². The molecule has 1 heterocycles. The minimum absolute atomic E-state index is 0.139. The molecular formula is C10H8BrFN2. The first kappa shape index (κ1) is 3.77. The zero-order valence-electron chi connectivity index (χ0n) is 14.7. The van der Waals surface area contributed by atoms with E-state index >= 15 is 0 Å². The molecule has 2 aromatic rings. The first-order chi connectivity index (χ1) is 9.98. The fourth-order valence-electron chi connectivity index (χ4n) is 0.877. The Hall–Kier alpha value is -1.16. The maximum Gasteiger partial charge on any atom is 0.124 e. The van der Waals surface area contributed by atoms with Crippen molar-refractivity contribution in [3.05, 3.63) is 46.6 Å². The molecule has 0 amide bonds. The molecule has 0 saturated carbocycles. The van der Waals surface area contributed by atoms with Crippen LogP contribution in [-0.4, -0.2) is 9.55 Å². The van der Waals surface area contributed by atoms with Crippen LogP contribution in [0, 0.1) is 12.7 Å². The lowest BCUT2D eigenvalue weighted by atomic mass is 10.3. The van der Waals surface area contributed by atoms with E-state index in [0.29, 0.717) is 4.57 Å². The van der Waals surface area contributed by atoms with Crippen molar-refractivity contribution in [3.8, 4) is 5.69 Å². The van der Waals surface area contributed by atoms with Gasteiger partial charge >= 0.3 is 0 Å². The average Bonchev–Trinajstić information content (AvgIpc) is 2.72. The van der Waals surface area contributed by atoms with Gasteiger partial charge in [0.05, 0.1) is 6.85 Å². The first-order valence-corrected chi connectivity index (χ1v) is 4.29. The third kappa shape index (κ3) is 1.70. The summed E-state index contributed by atoms with van der Waals surface area (Å²) >= 11 is 2.90. The van der Waals surface area contributed by atoms with E-state index in [4.69, 9.17) is 11.0 Å². The Labute approximate surface area is 101 Å². The van der Waals surface area contributed by atoms with Crippen LogP contribution < -0.4 is 0 Å². The van der Waals surface area contributed by atoms with Crippen molar-refractivity contribution in [1.82, 2.24) is 9.55 Å². The van der Waals surface area contributed by atoms with Crippen molar-refractivity contribution in [2.24, 2.45) is 0 Å². The summed E-state index contributed by atoms with van der Waals surface area (Å²) in [6, 6.07) is -3.47. The van der Waals surface area contributed by atoms with Gasteiger partial charge in [0, 0.05) is 16.0 Å². The van der Waals surface area contributed by atoms with Gasteiger partial charge in [-0.2, -0.15) is 0 Å². The van der Waals surface area contributed by atoms with Gasteiger partial charge in [0.15, 0.2) is 0 Å². The van der Waals surface area contributed by atoms with Crippen LogP contribution in [0.1, 0.15) is 16.8 Å². The summed E-state index contributed by atoms with van der Waals surface area (Å²) in [5.41, 5.74) is -0.536. The number of nitrogens with zero attached hydrogens (tertiary/aromatic N) is 2. The highest BCUT2D eigenvalue weighted by Gasteiger charge is 2.03. The smallest absolute Gasteiger partial charge is 0.124 e. The Morgan fingerprint density at radius 2 is 2.21 bits per heavy atom. The van der Waals surface area contributed by atoms with Crippen molar-refractivity contribution < 1.29 is 15.4 Å². The van der Waals surface area contributed by atoms with Gasteiger partial charge in [0.1, 0.15) is 16.2 Å². The Bertz CT molecular complexity index is 741. The average molecular weight is 263 g/mol. The normalized spacial score (nSPS) is 19.6. The number of benzene rings is 1. The molecule has 0 N–H and O–H groups in total. The topological polar surface area (TPSA) is 17.8 Å². The summed E-state index contributed by atoms with van der Waals surface area (Å²) < 4.78 is 74.6. The Morgan fingerprint density at radius 1 is 1.50 bits per heavy atom. The van der Waals surface area contributed by atoms with Gasteiger partial charge in [0.25, 0.3) is 0 Å².